The van der Waals surface area contributed by atoms with Gasteiger partial charge in [-0.25, -0.2) is 4.98 Å². The SMILES string of the molecule is Cn1c(CCCC(=O)OC(C)(C)C)nc2cc(N(CCOCc3ccccc3)CCOCc3ccccc3)ccc21. The first-order chi connectivity index (χ1) is 19.8. The second-order valence-corrected chi connectivity index (χ2v) is 11.3. The van der Waals surface area contributed by atoms with Crippen LogP contribution in [-0.2, 0) is 45.7 Å². The molecule has 0 amide bonds. The van der Waals surface area contributed by atoms with Crippen LogP contribution in [0.3, 0.4) is 0 Å². The molecule has 0 aliphatic carbocycles. The smallest absolute Gasteiger partial charge is 0.306 e. The van der Waals surface area contributed by atoms with Crippen molar-refractivity contribution in [1.29, 1.82) is 0 Å². The molecule has 0 spiro atoms. The van der Waals surface area contributed by atoms with Crippen molar-refractivity contribution >= 4 is 22.7 Å². The Balaban J connectivity index is 1.39. The highest BCUT2D eigenvalue weighted by Crippen LogP contribution is 2.24. The van der Waals surface area contributed by atoms with Crippen LogP contribution >= 0.6 is 0 Å². The van der Waals surface area contributed by atoms with Crippen molar-refractivity contribution in [2.24, 2.45) is 7.05 Å². The van der Waals surface area contributed by atoms with Gasteiger partial charge in [-0.05, 0) is 56.5 Å². The number of hydrogen-bond donors (Lipinski definition) is 0. The van der Waals surface area contributed by atoms with Crippen LogP contribution in [0.25, 0.3) is 11.0 Å². The topological polar surface area (TPSA) is 65.8 Å². The molecule has 0 N–H and O–H groups in total. The molecule has 41 heavy (non-hydrogen) atoms. The number of anilines is 1. The summed E-state index contributed by atoms with van der Waals surface area (Å²) >= 11 is 0. The van der Waals surface area contributed by atoms with Crippen LogP contribution in [0.5, 0.6) is 0 Å². The van der Waals surface area contributed by atoms with Crippen LogP contribution in [0.4, 0.5) is 5.69 Å². The molecule has 4 aromatic rings. The summed E-state index contributed by atoms with van der Waals surface area (Å²) in [5.74, 6) is 0.794. The molecule has 7 nitrogen and oxygen atoms in total. The molecule has 0 unspecified atom stereocenters. The summed E-state index contributed by atoms with van der Waals surface area (Å²) in [5.41, 5.74) is 4.97. The highest BCUT2D eigenvalue weighted by Gasteiger charge is 2.17. The number of nitrogens with zero attached hydrogens (tertiary/aromatic N) is 3. The molecular formula is C34H43N3O4. The first kappa shape index (κ1) is 30.3. The van der Waals surface area contributed by atoms with Gasteiger partial charge in [0.2, 0.25) is 0 Å². The standard InChI is InChI=1S/C34H43N3O4/c1-34(2,3)41-33(38)17-11-16-32-35-30-24-29(18-19-31(30)36(32)4)37(20-22-39-25-27-12-7-5-8-13-27)21-23-40-26-28-14-9-6-10-15-28/h5-10,12-15,18-19,24H,11,16-17,20-23,25-26H2,1-4H3. The monoisotopic (exact) mass is 557 g/mol. The Bertz CT molecular complexity index is 1320. The minimum atomic E-state index is -0.462. The maximum Gasteiger partial charge on any atom is 0.306 e. The minimum Gasteiger partial charge on any atom is -0.460 e. The predicted molar refractivity (Wildman–Crippen MR) is 164 cm³/mol. The van der Waals surface area contributed by atoms with Gasteiger partial charge in [0.15, 0.2) is 0 Å². The van der Waals surface area contributed by atoms with E-state index in [2.05, 4.69) is 51.9 Å². The molecule has 0 saturated carbocycles. The second kappa shape index (κ2) is 14.8. The fraction of sp³-hybridized carbons (Fsp3) is 0.412. The number of aryl methyl sites for hydroxylation is 2. The molecule has 0 radical (unpaired) electrons. The molecule has 1 aromatic heterocycles. The van der Waals surface area contributed by atoms with Crippen LogP contribution in [0.15, 0.2) is 78.9 Å². The number of aromatic nitrogens is 2. The Hall–Kier alpha value is -3.68. The third-order valence-electron chi connectivity index (χ3n) is 6.76. The largest absolute Gasteiger partial charge is 0.460 e. The van der Waals surface area contributed by atoms with E-state index < -0.39 is 5.60 Å². The number of hydrogen-bond acceptors (Lipinski definition) is 6. The Morgan fingerprint density at radius 3 is 2.00 bits per heavy atom. The van der Waals surface area contributed by atoms with E-state index in [0.717, 1.165) is 35.6 Å². The predicted octanol–water partition coefficient (Wildman–Crippen LogP) is 6.48. The lowest BCUT2D eigenvalue weighted by Gasteiger charge is -2.25. The van der Waals surface area contributed by atoms with Crippen LogP contribution in [0, 0.1) is 0 Å². The maximum atomic E-state index is 12.1. The third-order valence-corrected chi connectivity index (χ3v) is 6.76. The zero-order valence-corrected chi connectivity index (χ0v) is 24.8. The van der Waals surface area contributed by atoms with Crippen molar-refractivity contribution in [3.05, 3.63) is 95.8 Å². The molecular weight excluding hydrogens is 514 g/mol. The minimum absolute atomic E-state index is 0.168. The molecule has 3 aromatic carbocycles. The molecule has 0 saturated heterocycles. The van der Waals surface area contributed by atoms with E-state index in [4.69, 9.17) is 19.2 Å². The van der Waals surface area contributed by atoms with E-state index in [1.165, 1.54) is 11.1 Å². The van der Waals surface area contributed by atoms with E-state index in [9.17, 15) is 4.79 Å². The van der Waals surface area contributed by atoms with Crippen LogP contribution in [0.1, 0.15) is 50.6 Å². The Labute approximate surface area is 244 Å². The van der Waals surface area contributed by atoms with Gasteiger partial charge in [-0.1, -0.05) is 60.7 Å². The summed E-state index contributed by atoms with van der Waals surface area (Å²) in [5, 5.41) is 0. The van der Waals surface area contributed by atoms with Gasteiger partial charge < -0.3 is 23.7 Å². The van der Waals surface area contributed by atoms with Crippen molar-refractivity contribution in [2.75, 3.05) is 31.2 Å². The van der Waals surface area contributed by atoms with Crippen LogP contribution < -0.4 is 4.90 Å². The highest BCUT2D eigenvalue weighted by atomic mass is 16.6. The number of imidazole rings is 1. The maximum absolute atomic E-state index is 12.1. The Morgan fingerprint density at radius 1 is 0.854 bits per heavy atom. The summed E-state index contributed by atoms with van der Waals surface area (Å²) in [7, 11) is 2.03. The highest BCUT2D eigenvalue weighted by molar-refractivity contribution is 5.80. The van der Waals surface area contributed by atoms with Crippen molar-refractivity contribution in [3.8, 4) is 0 Å². The van der Waals surface area contributed by atoms with Crippen molar-refractivity contribution in [2.45, 2.75) is 58.8 Å². The van der Waals surface area contributed by atoms with Crippen molar-refractivity contribution < 1.29 is 19.0 Å². The van der Waals surface area contributed by atoms with Crippen molar-refractivity contribution in [3.63, 3.8) is 0 Å². The van der Waals surface area contributed by atoms with Gasteiger partial charge in [0.05, 0.1) is 37.5 Å². The van der Waals surface area contributed by atoms with Gasteiger partial charge in [-0.3, -0.25) is 4.79 Å². The second-order valence-electron chi connectivity index (χ2n) is 11.3. The van der Waals surface area contributed by atoms with E-state index in [0.29, 0.717) is 45.7 Å². The lowest BCUT2D eigenvalue weighted by atomic mass is 10.2. The Morgan fingerprint density at radius 2 is 1.44 bits per heavy atom. The van der Waals surface area contributed by atoms with Gasteiger partial charge in [0.25, 0.3) is 0 Å². The number of fused-ring (bicyclic) bond motifs is 1. The average molecular weight is 558 g/mol. The zero-order valence-electron chi connectivity index (χ0n) is 24.8. The van der Waals surface area contributed by atoms with E-state index in [1.807, 2.05) is 64.2 Å². The lowest BCUT2D eigenvalue weighted by Crippen LogP contribution is -2.31. The van der Waals surface area contributed by atoms with E-state index >= 15 is 0 Å². The van der Waals surface area contributed by atoms with E-state index in [-0.39, 0.29) is 5.97 Å². The molecule has 0 aliphatic rings. The van der Waals surface area contributed by atoms with Crippen LogP contribution in [-0.4, -0.2) is 47.4 Å². The van der Waals surface area contributed by atoms with Gasteiger partial charge >= 0.3 is 5.97 Å². The van der Waals surface area contributed by atoms with Crippen molar-refractivity contribution in [1.82, 2.24) is 9.55 Å². The summed E-state index contributed by atoms with van der Waals surface area (Å²) in [6.45, 7) is 9.53. The van der Waals surface area contributed by atoms with E-state index in [1.54, 1.807) is 0 Å². The quantitative estimate of drug-likeness (QED) is 0.123. The fourth-order valence-corrected chi connectivity index (χ4v) is 4.69. The molecule has 4 rings (SSSR count). The molecule has 1 heterocycles. The molecule has 0 fully saturated rings. The summed E-state index contributed by atoms with van der Waals surface area (Å²) in [6.07, 6.45) is 1.79. The van der Waals surface area contributed by atoms with Gasteiger partial charge in [-0.15, -0.1) is 0 Å². The summed E-state index contributed by atoms with van der Waals surface area (Å²) < 4.78 is 19.6. The number of carbonyl (C=O) groups excluding carboxylic acids is 1. The molecule has 218 valence electrons. The third kappa shape index (κ3) is 9.73. The Kier molecular flexibility index (Phi) is 10.9. The lowest BCUT2D eigenvalue weighted by molar-refractivity contribution is -0.154. The van der Waals surface area contributed by atoms with Gasteiger partial charge in [-0.2, -0.15) is 0 Å². The first-order valence-corrected chi connectivity index (χ1v) is 14.4. The van der Waals surface area contributed by atoms with Crippen LogP contribution in [0.2, 0.25) is 0 Å². The number of esters is 1. The normalized spacial score (nSPS) is 11.6. The molecule has 0 aliphatic heterocycles. The number of ether oxygens (including phenoxy) is 3. The van der Waals surface area contributed by atoms with Gasteiger partial charge in [0, 0.05) is 38.7 Å². The molecule has 0 bridgehead atoms. The summed E-state index contributed by atoms with van der Waals surface area (Å²) in [6, 6.07) is 26.9. The average Bonchev–Trinajstić information content (AvgIpc) is 3.26. The summed E-state index contributed by atoms with van der Waals surface area (Å²) in [4.78, 5) is 19.3. The number of rotatable bonds is 15. The zero-order chi connectivity index (χ0) is 29.1. The molecule has 7 heteroatoms. The van der Waals surface area contributed by atoms with Gasteiger partial charge in [0.1, 0.15) is 11.4 Å². The fourth-order valence-electron chi connectivity index (χ4n) is 4.69. The first-order valence-electron chi connectivity index (χ1n) is 14.4. The number of benzene rings is 3. The molecule has 0 atom stereocenters. The number of carbonyl (C=O) groups is 1.